The molecule has 11 heteroatoms. The van der Waals surface area contributed by atoms with E-state index in [1.807, 2.05) is 36.4 Å². The molecule has 3 aromatic rings. The number of benzene rings is 3. The average Bonchev–Trinajstić information content (AvgIpc) is 3.69. The van der Waals surface area contributed by atoms with Crippen molar-refractivity contribution < 1.29 is 37.0 Å². The molecule has 3 aromatic carbocycles. The van der Waals surface area contributed by atoms with Crippen LogP contribution in [0.2, 0.25) is 0 Å². The molecule has 0 aromatic heterocycles. The van der Waals surface area contributed by atoms with Crippen molar-refractivity contribution in [2.24, 2.45) is 5.41 Å². The predicted molar refractivity (Wildman–Crippen MR) is 165 cm³/mol. The van der Waals surface area contributed by atoms with Gasteiger partial charge >= 0.3 is 5.97 Å². The Hall–Kier alpha value is -4.06. The van der Waals surface area contributed by atoms with Crippen molar-refractivity contribution in [2.75, 3.05) is 24.1 Å². The molecule has 238 valence electrons. The van der Waals surface area contributed by atoms with E-state index in [2.05, 4.69) is 0 Å². The molecular weight excluding hydrogens is 608 g/mol. The third kappa shape index (κ3) is 3.28. The second-order valence-electron chi connectivity index (χ2n) is 12.7. The molecule has 10 nitrogen and oxygen atoms in total. The van der Waals surface area contributed by atoms with Crippen LogP contribution in [0.1, 0.15) is 43.7 Å². The number of ether oxygens (including phenoxy) is 3. The molecule has 0 N–H and O–H groups in total. The fraction of sp³-hybridized carbons (Fsp3) is 0.400. The Labute approximate surface area is 267 Å². The first-order chi connectivity index (χ1) is 22.2. The molecule has 4 saturated heterocycles. The molecule has 4 fully saturated rings. The summed E-state index contributed by atoms with van der Waals surface area (Å²) in [5.74, 6) is -1.70. The van der Waals surface area contributed by atoms with E-state index in [4.69, 9.17) is 14.2 Å². The van der Waals surface area contributed by atoms with Crippen LogP contribution in [-0.2, 0) is 50.6 Å². The van der Waals surface area contributed by atoms with E-state index in [-0.39, 0.29) is 36.9 Å². The number of Topliss-reactive ketones (excluding diaryl/α,β-unsaturated/α-hetero) is 1. The highest BCUT2D eigenvalue weighted by molar-refractivity contribution is 7.93. The highest BCUT2D eigenvalue weighted by Gasteiger charge is 2.97. The summed E-state index contributed by atoms with van der Waals surface area (Å²) in [5.41, 5.74) is -4.74. The summed E-state index contributed by atoms with van der Waals surface area (Å²) in [5, 5.41) is 0. The number of hydrogen-bond acceptors (Lipinski definition) is 8. The zero-order valence-corrected chi connectivity index (χ0v) is 26.2. The zero-order chi connectivity index (χ0) is 32.0. The molecule has 2 spiro atoms. The number of amides is 1. The van der Waals surface area contributed by atoms with Crippen LogP contribution in [0.25, 0.3) is 0 Å². The predicted octanol–water partition coefficient (Wildman–Crippen LogP) is 3.73. The Morgan fingerprint density at radius 1 is 0.978 bits per heavy atom. The smallest absolute Gasteiger partial charge is 0.348 e. The minimum atomic E-state index is -4.36. The van der Waals surface area contributed by atoms with Gasteiger partial charge in [0, 0.05) is 19.6 Å². The Morgan fingerprint density at radius 2 is 1.67 bits per heavy atom. The lowest BCUT2D eigenvalue weighted by molar-refractivity contribution is -0.213. The molecule has 0 aliphatic carbocycles. The first kappa shape index (κ1) is 29.3. The molecule has 8 rings (SSSR count). The maximum atomic E-state index is 15.3. The van der Waals surface area contributed by atoms with Gasteiger partial charge in [-0.05, 0) is 55.5 Å². The molecule has 5 aliphatic rings. The SMILES string of the molecule is CCOC(=O)[C@@]12O[C@@]34N(CCC[C@@]3(CCOCc3ccccc3)C1=O)C(=O)C[C@@]41c3ccccc3N(S(=O)(=O)c3ccccc3)[C@@H]21. The van der Waals surface area contributed by atoms with E-state index < -0.39 is 50.0 Å². The summed E-state index contributed by atoms with van der Waals surface area (Å²) in [6.07, 6.45) is 0.949. The molecule has 0 saturated carbocycles. The van der Waals surface area contributed by atoms with E-state index in [1.54, 1.807) is 48.2 Å². The third-order valence-electron chi connectivity index (χ3n) is 10.8. The largest absolute Gasteiger partial charge is 0.463 e. The fourth-order valence-electron chi connectivity index (χ4n) is 9.35. The second kappa shape index (κ2) is 9.97. The van der Waals surface area contributed by atoms with Crippen molar-refractivity contribution in [3.63, 3.8) is 0 Å². The molecule has 0 unspecified atom stereocenters. The number of ketones is 1. The molecule has 5 aliphatic heterocycles. The third-order valence-corrected chi connectivity index (χ3v) is 12.6. The number of hydrogen-bond donors (Lipinski definition) is 0. The quantitative estimate of drug-likeness (QED) is 0.197. The van der Waals surface area contributed by atoms with Crippen LogP contribution >= 0.6 is 0 Å². The number of esters is 1. The van der Waals surface area contributed by atoms with Gasteiger partial charge in [-0.3, -0.25) is 13.9 Å². The van der Waals surface area contributed by atoms with Crippen LogP contribution in [0.5, 0.6) is 0 Å². The van der Waals surface area contributed by atoms with Gasteiger partial charge in [0.2, 0.25) is 11.5 Å². The Bertz CT molecular complexity index is 1870. The maximum Gasteiger partial charge on any atom is 0.348 e. The lowest BCUT2D eigenvalue weighted by Gasteiger charge is -2.56. The summed E-state index contributed by atoms with van der Waals surface area (Å²) in [6, 6.07) is 23.2. The van der Waals surface area contributed by atoms with Crippen molar-refractivity contribution >= 4 is 33.4 Å². The molecule has 1 amide bonds. The van der Waals surface area contributed by atoms with Gasteiger partial charge in [0.25, 0.3) is 10.0 Å². The molecule has 2 bridgehead atoms. The molecule has 46 heavy (non-hydrogen) atoms. The summed E-state index contributed by atoms with van der Waals surface area (Å²) in [4.78, 5) is 45.4. The summed E-state index contributed by atoms with van der Waals surface area (Å²) in [7, 11) is -4.36. The number of fused-ring (bicyclic) bond motifs is 3. The second-order valence-corrected chi connectivity index (χ2v) is 14.5. The normalized spacial score (nSPS) is 32.0. The van der Waals surface area contributed by atoms with E-state index in [9.17, 15) is 18.0 Å². The lowest BCUT2D eigenvalue weighted by atomic mass is 9.48. The van der Waals surface area contributed by atoms with Gasteiger partial charge in [-0.15, -0.1) is 0 Å². The van der Waals surface area contributed by atoms with Gasteiger partial charge in [0.15, 0.2) is 11.5 Å². The summed E-state index contributed by atoms with van der Waals surface area (Å²) < 4.78 is 49.2. The number of para-hydroxylation sites is 1. The van der Waals surface area contributed by atoms with Gasteiger partial charge in [-0.2, -0.15) is 0 Å². The number of carbonyl (C=O) groups is 3. The number of anilines is 1. The number of nitrogens with zero attached hydrogens (tertiary/aromatic N) is 2. The van der Waals surface area contributed by atoms with E-state index in [0.29, 0.717) is 37.2 Å². The number of rotatable bonds is 9. The van der Waals surface area contributed by atoms with Crippen LogP contribution < -0.4 is 4.31 Å². The number of carbonyl (C=O) groups excluding carboxylic acids is 3. The van der Waals surface area contributed by atoms with Gasteiger partial charge in [0.05, 0.1) is 34.6 Å². The van der Waals surface area contributed by atoms with E-state index in [1.165, 1.54) is 16.4 Å². The van der Waals surface area contributed by atoms with Crippen LogP contribution in [0.4, 0.5) is 5.69 Å². The van der Waals surface area contributed by atoms with Crippen molar-refractivity contribution in [2.45, 2.75) is 66.9 Å². The molecular formula is C35H34N2O8S. The van der Waals surface area contributed by atoms with Crippen molar-refractivity contribution in [3.05, 3.63) is 96.1 Å². The van der Waals surface area contributed by atoms with Gasteiger partial charge < -0.3 is 19.1 Å². The van der Waals surface area contributed by atoms with E-state index >= 15 is 4.79 Å². The van der Waals surface area contributed by atoms with Crippen molar-refractivity contribution in [3.8, 4) is 0 Å². The average molecular weight is 643 g/mol. The summed E-state index contributed by atoms with van der Waals surface area (Å²) >= 11 is 0. The monoisotopic (exact) mass is 642 g/mol. The Balaban J connectivity index is 1.35. The first-order valence-corrected chi connectivity index (χ1v) is 17.2. The minimum absolute atomic E-state index is 0.000941. The van der Waals surface area contributed by atoms with Crippen LogP contribution in [-0.4, -0.2) is 68.1 Å². The maximum absolute atomic E-state index is 15.3. The van der Waals surface area contributed by atoms with Gasteiger partial charge in [-0.1, -0.05) is 66.7 Å². The fourth-order valence-corrected chi connectivity index (χ4v) is 11.1. The van der Waals surface area contributed by atoms with Gasteiger partial charge in [0.1, 0.15) is 6.04 Å². The highest BCUT2D eigenvalue weighted by atomic mass is 32.2. The molecule has 5 heterocycles. The Kier molecular flexibility index (Phi) is 6.36. The highest BCUT2D eigenvalue weighted by Crippen LogP contribution is 2.79. The topological polar surface area (TPSA) is 120 Å². The zero-order valence-electron chi connectivity index (χ0n) is 25.4. The van der Waals surface area contributed by atoms with Crippen LogP contribution in [0.15, 0.2) is 89.8 Å². The van der Waals surface area contributed by atoms with Crippen molar-refractivity contribution in [1.82, 2.24) is 4.90 Å². The number of sulfonamides is 1. The minimum Gasteiger partial charge on any atom is -0.463 e. The molecule has 0 radical (unpaired) electrons. The standard InChI is InChI=1S/C35H34N2O8S/c1-2-44-31(40)34-29-33(26-16-9-10-17-27(26)37(29)46(41,42)25-14-7-4-8-15-25)22-28(38)36-20-11-18-32(30(34)39,35(33,36)45-34)19-21-43-23-24-12-5-3-6-13-24/h3-10,12-17,29H,2,11,18-23H2,1H3/t29-,32-,33+,34+,35+/m1/s1. The Morgan fingerprint density at radius 3 is 2.41 bits per heavy atom. The first-order valence-electron chi connectivity index (χ1n) is 15.8. The van der Waals surface area contributed by atoms with Gasteiger partial charge in [-0.25, -0.2) is 13.2 Å². The van der Waals surface area contributed by atoms with Crippen LogP contribution in [0, 0.1) is 5.41 Å². The van der Waals surface area contributed by atoms with E-state index in [0.717, 1.165) is 5.56 Å². The summed E-state index contributed by atoms with van der Waals surface area (Å²) in [6.45, 7) is 2.40. The van der Waals surface area contributed by atoms with Crippen molar-refractivity contribution in [1.29, 1.82) is 0 Å². The molecule has 5 atom stereocenters. The lowest BCUT2D eigenvalue weighted by Crippen LogP contribution is -2.75. The van der Waals surface area contributed by atoms with Crippen LogP contribution in [0.3, 0.4) is 0 Å². The number of piperidine rings is 1.